The van der Waals surface area contributed by atoms with Crippen molar-refractivity contribution < 1.29 is 5.11 Å². The first-order chi connectivity index (χ1) is 9.13. The summed E-state index contributed by atoms with van der Waals surface area (Å²) in [5, 5.41) is 13.1. The van der Waals surface area contributed by atoms with Gasteiger partial charge in [-0.1, -0.05) is 20.8 Å². The first-order valence-electron chi connectivity index (χ1n) is 7.15. The van der Waals surface area contributed by atoms with Crippen molar-refractivity contribution in [2.45, 2.75) is 45.6 Å². The highest BCUT2D eigenvalue weighted by Crippen LogP contribution is 2.32. The molecule has 1 aliphatic heterocycles. The van der Waals surface area contributed by atoms with Gasteiger partial charge in [-0.2, -0.15) is 0 Å². The number of nitrogens with zero attached hydrogens (tertiary/aromatic N) is 3. The molecule has 2 N–H and O–H groups in total. The molecule has 1 atom stereocenters. The van der Waals surface area contributed by atoms with E-state index in [9.17, 15) is 5.11 Å². The van der Waals surface area contributed by atoms with Crippen molar-refractivity contribution in [2.75, 3.05) is 29.9 Å². The highest BCUT2D eigenvalue weighted by atomic mass is 16.3. The Morgan fingerprint density at radius 3 is 2.84 bits per heavy atom. The molecule has 1 saturated heterocycles. The van der Waals surface area contributed by atoms with Crippen LogP contribution >= 0.6 is 0 Å². The minimum atomic E-state index is -0.234. The Bertz CT molecular complexity index is 422. The molecule has 1 aromatic rings. The number of nitrogens with one attached hydrogen (secondary N) is 1. The van der Waals surface area contributed by atoms with Gasteiger partial charge in [0.1, 0.15) is 18.0 Å². The molecule has 0 aromatic carbocycles. The SMILES string of the molecule is CCCNc1ncnc(N2CCC(O)C2)c1C(C)C. The van der Waals surface area contributed by atoms with E-state index in [4.69, 9.17) is 0 Å². The lowest BCUT2D eigenvalue weighted by atomic mass is 10.0. The second kappa shape index (κ2) is 6.19. The Morgan fingerprint density at radius 1 is 1.47 bits per heavy atom. The van der Waals surface area contributed by atoms with Crippen molar-refractivity contribution in [2.24, 2.45) is 0 Å². The van der Waals surface area contributed by atoms with Gasteiger partial charge in [0.15, 0.2) is 0 Å². The number of anilines is 2. The van der Waals surface area contributed by atoms with Crippen LogP contribution in [0.15, 0.2) is 6.33 Å². The summed E-state index contributed by atoms with van der Waals surface area (Å²) >= 11 is 0. The van der Waals surface area contributed by atoms with Crippen LogP contribution in [0.5, 0.6) is 0 Å². The number of hydrogen-bond donors (Lipinski definition) is 2. The zero-order valence-corrected chi connectivity index (χ0v) is 12.1. The van der Waals surface area contributed by atoms with Gasteiger partial charge >= 0.3 is 0 Å². The molecule has 1 aromatic heterocycles. The number of β-amino-alcohol motifs (C(OH)–C–C–N with tert-alkyl or cyclic N) is 1. The fourth-order valence-corrected chi connectivity index (χ4v) is 2.49. The highest BCUT2D eigenvalue weighted by molar-refractivity contribution is 5.60. The van der Waals surface area contributed by atoms with E-state index < -0.39 is 0 Å². The predicted octanol–water partition coefficient (Wildman–Crippen LogP) is 1.99. The van der Waals surface area contributed by atoms with Crippen LogP contribution in [0.2, 0.25) is 0 Å². The Hall–Kier alpha value is -1.36. The second-order valence-electron chi connectivity index (χ2n) is 5.43. The Balaban J connectivity index is 2.31. The fraction of sp³-hybridized carbons (Fsp3) is 0.714. The van der Waals surface area contributed by atoms with Gasteiger partial charge in [-0.15, -0.1) is 0 Å². The van der Waals surface area contributed by atoms with Gasteiger partial charge < -0.3 is 15.3 Å². The topological polar surface area (TPSA) is 61.3 Å². The summed E-state index contributed by atoms with van der Waals surface area (Å²) in [5.41, 5.74) is 1.16. The second-order valence-corrected chi connectivity index (χ2v) is 5.43. The van der Waals surface area contributed by atoms with E-state index in [1.54, 1.807) is 6.33 Å². The van der Waals surface area contributed by atoms with Crippen LogP contribution in [0.1, 0.15) is 45.1 Å². The third-order valence-corrected chi connectivity index (χ3v) is 3.45. The smallest absolute Gasteiger partial charge is 0.137 e. The van der Waals surface area contributed by atoms with Crippen LogP contribution in [-0.2, 0) is 0 Å². The third-order valence-electron chi connectivity index (χ3n) is 3.45. The molecule has 0 saturated carbocycles. The lowest BCUT2D eigenvalue weighted by Crippen LogP contribution is -2.25. The quantitative estimate of drug-likeness (QED) is 0.851. The zero-order valence-electron chi connectivity index (χ0n) is 12.1. The Labute approximate surface area is 115 Å². The fourth-order valence-electron chi connectivity index (χ4n) is 2.49. The van der Waals surface area contributed by atoms with Gasteiger partial charge in [0, 0.05) is 25.2 Å². The molecule has 0 radical (unpaired) electrons. The van der Waals surface area contributed by atoms with E-state index in [0.29, 0.717) is 12.5 Å². The number of aliphatic hydroxyl groups excluding tert-OH is 1. The van der Waals surface area contributed by atoms with E-state index in [-0.39, 0.29) is 6.10 Å². The van der Waals surface area contributed by atoms with Crippen LogP contribution in [-0.4, -0.2) is 40.8 Å². The monoisotopic (exact) mass is 264 g/mol. The summed E-state index contributed by atoms with van der Waals surface area (Å²) in [6, 6.07) is 0. The highest BCUT2D eigenvalue weighted by Gasteiger charge is 2.26. The lowest BCUT2D eigenvalue weighted by molar-refractivity contribution is 0.198. The Morgan fingerprint density at radius 2 is 2.26 bits per heavy atom. The van der Waals surface area contributed by atoms with Crippen LogP contribution < -0.4 is 10.2 Å². The Kier molecular flexibility index (Phi) is 4.58. The van der Waals surface area contributed by atoms with Gasteiger partial charge in [-0.25, -0.2) is 9.97 Å². The summed E-state index contributed by atoms with van der Waals surface area (Å²) in [5.74, 6) is 2.26. The molecule has 106 valence electrons. The molecule has 0 bridgehead atoms. The van der Waals surface area contributed by atoms with Crippen molar-refractivity contribution >= 4 is 11.6 Å². The van der Waals surface area contributed by atoms with Gasteiger partial charge in [-0.05, 0) is 18.8 Å². The molecular weight excluding hydrogens is 240 g/mol. The molecule has 0 spiro atoms. The molecule has 0 aliphatic carbocycles. The molecule has 1 aliphatic rings. The maximum atomic E-state index is 9.70. The minimum absolute atomic E-state index is 0.234. The van der Waals surface area contributed by atoms with Crippen LogP contribution in [0.25, 0.3) is 0 Å². The van der Waals surface area contributed by atoms with Gasteiger partial charge in [0.05, 0.1) is 6.10 Å². The number of hydrogen-bond acceptors (Lipinski definition) is 5. The summed E-state index contributed by atoms with van der Waals surface area (Å²) in [6.45, 7) is 8.91. The lowest BCUT2D eigenvalue weighted by Gasteiger charge is -2.23. The molecule has 19 heavy (non-hydrogen) atoms. The summed E-state index contributed by atoms with van der Waals surface area (Å²) in [6.07, 6.45) is 3.27. The number of aliphatic hydroxyl groups is 1. The van der Waals surface area contributed by atoms with Crippen LogP contribution in [0, 0.1) is 0 Å². The molecule has 1 fully saturated rings. The van der Waals surface area contributed by atoms with E-state index in [2.05, 4.69) is 41.0 Å². The normalized spacial score (nSPS) is 19.2. The summed E-state index contributed by atoms with van der Waals surface area (Å²) in [4.78, 5) is 11.0. The van der Waals surface area contributed by atoms with E-state index >= 15 is 0 Å². The van der Waals surface area contributed by atoms with Crippen LogP contribution in [0.4, 0.5) is 11.6 Å². The standard InChI is InChI=1S/C14H24N4O/c1-4-6-15-13-12(10(2)3)14(17-9-16-13)18-7-5-11(19)8-18/h9-11,19H,4-8H2,1-3H3,(H,15,16,17). The average Bonchev–Trinajstić information content (AvgIpc) is 2.82. The van der Waals surface area contributed by atoms with E-state index in [1.165, 1.54) is 0 Å². The maximum absolute atomic E-state index is 9.70. The van der Waals surface area contributed by atoms with Crippen molar-refractivity contribution in [3.8, 4) is 0 Å². The van der Waals surface area contributed by atoms with Crippen LogP contribution in [0.3, 0.4) is 0 Å². The average molecular weight is 264 g/mol. The zero-order chi connectivity index (χ0) is 13.8. The molecule has 2 heterocycles. The van der Waals surface area contributed by atoms with Gasteiger partial charge in [-0.3, -0.25) is 0 Å². The molecule has 5 nitrogen and oxygen atoms in total. The number of aromatic nitrogens is 2. The first kappa shape index (κ1) is 14.1. The van der Waals surface area contributed by atoms with E-state index in [1.807, 2.05) is 0 Å². The minimum Gasteiger partial charge on any atom is -0.391 e. The summed E-state index contributed by atoms with van der Waals surface area (Å²) in [7, 11) is 0. The van der Waals surface area contributed by atoms with Crippen molar-refractivity contribution in [3.05, 3.63) is 11.9 Å². The van der Waals surface area contributed by atoms with Crippen molar-refractivity contribution in [1.29, 1.82) is 0 Å². The molecule has 1 unspecified atom stereocenters. The molecular formula is C14H24N4O. The largest absolute Gasteiger partial charge is 0.391 e. The van der Waals surface area contributed by atoms with Crippen molar-refractivity contribution in [1.82, 2.24) is 9.97 Å². The molecule has 5 heteroatoms. The predicted molar refractivity (Wildman–Crippen MR) is 77.7 cm³/mol. The third kappa shape index (κ3) is 3.15. The summed E-state index contributed by atoms with van der Waals surface area (Å²) < 4.78 is 0. The molecule has 2 rings (SSSR count). The van der Waals surface area contributed by atoms with E-state index in [0.717, 1.165) is 43.1 Å². The molecule has 0 amide bonds. The number of rotatable bonds is 5. The van der Waals surface area contributed by atoms with Gasteiger partial charge in [0.2, 0.25) is 0 Å². The van der Waals surface area contributed by atoms with Crippen molar-refractivity contribution in [3.63, 3.8) is 0 Å². The first-order valence-corrected chi connectivity index (χ1v) is 7.15. The maximum Gasteiger partial charge on any atom is 0.137 e. The van der Waals surface area contributed by atoms with Gasteiger partial charge in [0.25, 0.3) is 0 Å².